The molecule has 4 N–H and O–H groups in total. The molecule has 0 spiro atoms. The molecule has 1 aromatic carbocycles. The molecule has 4 aromatic rings. The number of likely N-dealkylation sites (tertiary alicyclic amines) is 1. The highest BCUT2D eigenvalue weighted by Gasteiger charge is 2.27. The molecular weight excluding hydrogens is 440 g/mol. The van der Waals surface area contributed by atoms with Crippen molar-refractivity contribution >= 4 is 34.3 Å². The number of anilines is 4. The first kappa shape index (κ1) is 21.8. The third-order valence-electron chi connectivity index (χ3n) is 7.49. The first-order valence-electron chi connectivity index (χ1n) is 12.5. The van der Waals surface area contributed by atoms with E-state index in [-0.39, 0.29) is 0 Å². The average Bonchev–Trinajstić information content (AvgIpc) is 3.57. The molecule has 10 nitrogen and oxygen atoms in total. The number of nitrogens with one attached hydrogen (secondary N) is 4. The van der Waals surface area contributed by atoms with E-state index in [4.69, 9.17) is 4.98 Å². The van der Waals surface area contributed by atoms with Crippen molar-refractivity contribution < 1.29 is 4.98 Å². The average molecular weight is 474 g/mol. The number of piperidine rings is 1. The molecule has 2 aliphatic heterocycles. The second kappa shape index (κ2) is 9.18. The summed E-state index contributed by atoms with van der Waals surface area (Å²) in [5.74, 6) is 1.65. The van der Waals surface area contributed by atoms with Gasteiger partial charge in [0.25, 0.3) is 0 Å². The lowest BCUT2D eigenvalue weighted by atomic mass is 10.0. The maximum absolute atomic E-state index is 4.70. The highest BCUT2D eigenvalue weighted by atomic mass is 15.3. The van der Waals surface area contributed by atoms with Crippen molar-refractivity contribution in [2.75, 3.05) is 48.3 Å². The Labute approximate surface area is 204 Å². The zero-order valence-electron chi connectivity index (χ0n) is 20.4. The number of imidazole rings is 2. The first-order valence-corrected chi connectivity index (χ1v) is 12.5. The molecule has 0 amide bonds. The van der Waals surface area contributed by atoms with Gasteiger partial charge in [-0.2, -0.15) is 0 Å². The molecule has 5 heterocycles. The van der Waals surface area contributed by atoms with Gasteiger partial charge in [-0.3, -0.25) is 5.32 Å². The molecule has 0 radical (unpaired) electrons. The Morgan fingerprint density at radius 3 is 2.69 bits per heavy atom. The standard InChI is InChI=1S/C25H32N10/c1-3-34-11-8-19(9-12-34)33(2)18-6-4-17(5-7-18)30-25-31-23-22(28-16-29-23)24(32-25)35-13-10-20-21(14-35)27-15-26-20/h4-7,15-16,19H,3,8-14H2,1-2H3,(H,26,27)(H2,28,29,30,31,32)/p+1. The molecule has 0 saturated carbocycles. The van der Waals surface area contributed by atoms with Crippen LogP contribution >= 0.6 is 0 Å². The molecule has 1 fully saturated rings. The van der Waals surface area contributed by atoms with Gasteiger partial charge in [0.05, 0.1) is 42.8 Å². The monoisotopic (exact) mass is 473 g/mol. The molecule has 2 aliphatic rings. The lowest BCUT2D eigenvalue weighted by Crippen LogP contribution is -2.43. The summed E-state index contributed by atoms with van der Waals surface area (Å²) in [7, 11) is 2.21. The number of benzene rings is 1. The van der Waals surface area contributed by atoms with E-state index in [0.29, 0.717) is 17.6 Å². The number of nitrogens with zero attached hydrogens (tertiary/aromatic N) is 6. The molecule has 0 unspecified atom stereocenters. The summed E-state index contributed by atoms with van der Waals surface area (Å²) < 4.78 is 0. The fourth-order valence-corrected chi connectivity index (χ4v) is 5.30. The van der Waals surface area contributed by atoms with E-state index in [1.165, 1.54) is 31.6 Å². The van der Waals surface area contributed by atoms with Gasteiger partial charge in [0.15, 0.2) is 5.52 Å². The van der Waals surface area contributed by atoms with E-state index >= 15 is 0 Å². The van der Waals surface area contributed by atoms with Crippen molar-refractivity contribution in [1.29, 1.82) is 0 Å². The highest BCUT2D eigenvalue weighted by Crippen LogP contribution is 2.27. The number of fused-ring (bicyclic) bond motifs is 2. The summed E-state index contributed by atoms with van der Waals surface area (Å²) in [5.41, 5.74) is 6.13. The van der Waals surface area contributed by atoms with Crippen LogP contribution in [-0.4, -0.2) is 69.1 Å². The number of aromatic amines is 3. The Hall–Kier alpha value is -3.66. The van der Waals surface area contributed by atoms with Gasteiger partial charge in [-0.05, 0) is 43.7 Å². The van der Waals surface area contributed by atoms with Gasteiger partial charge in [-0.25, -0.2) is 15.0 Å². The SMILES string of the molecule is CCN1CCC(N(C)c2ccc(Nc3nc4nc[nH]c4c(N4CCc5nc[nH]c5C4)[nH+]3)cc2)CC1. The van der Waals surface area contributed by atoms with E-state index in [9.17, 15) is 0 Å². The predicted octanol–water partition coefficient (Wildman–Crippen LogP) is 2.72. The van der Waals surface area contributed by atoms with Crippen LogP contribution in [0.4, 0.5) is 23.1 Å². The van der Waals surface area contributed by atoms with Crippen LogP contribution in [-0.2, 0) is 13.0 Å². The zero-order chi connectivity index (χ0) is 23.8. The van der Waals surface area contributed by atoms with Crippen molar-refractivity contribution in [3.05, 3.63) is 48.3 Å². The van der Waals surface area contributed by atoms with E-state index in [2.05, 4.69) is 83.2 Å². The van der Waals surface area contributed by atoms with Gasteiger partial charge in [0.2, 0.25) is 11.5 Å². The van der Waals surface area contributed by atoms with Crippen LogP contribution in [0.3, 0.4) is 0 Å². The van der Waals surface area contributed by atoms with Gasteiger partial charge in [0, 0.05) is 38.3 Å². The Kier molecular flexibility index (Phi) is 5.73. The van der Waals surface area contributed by atoms with Crippen LogP contribution in [0, 0.1) is 0 Å². The van der Waals surface area contributed by atoms with Crippen molar-refractivity contribution in [1.82, 2.24) is 29.8 Å². The molecule has 0 atom stereocenters. The second-order valence-corrected chi connectivity index (χ2v) is 9.48. The molecule has 1 saturated heterocycles. The maximum atomic E-state index is 4.70. The topological polar surface area (TPSA) is 106 Å². The molecule has 0 aliphatic carbocycles. The molecule has 0 bridgehead atoms. The maximum Gasteiger partial charge on any atom is 0.351 e. The number of rotatable bonds is 6. The second-order valence-electron chi connectivity index (χ2n) is 9.48. The first-order chi connectivity index (χ1) is 17.2. The van der Waals surface area contributed by atoms with Crippen LogP contribution in [0.2, 0.25) is 0 Å². The van der Waals surface area contributed by atoms with E-state index in [1.807, 2.05) is 0 Å². The highest BCUT2D eigenvalue weighted by molar-refractivity contribution is 5.82. The van der Waals surface area contributed by atoms with E-state index < -0.39 is 0 Å². The van der Waals surface area contributed by atoms with Crippen LogP contribution in [0.25, 0.3) is 11.2 Å². The lowest BCUT2D eigenvalue weighted by Gasteiger charge is -2.37. The lowest BCUT2D eigenvalue weighted by molar-refractivity contribution is -0.349. The predicted molar refractivity (Wildman–Crippen MR) is 137 cm³/mol. The molecule has 6 rings (SSSR count). The summed E-state index contributed by atoms with van der Waals surface area (Å²) >= 11 is 0. The minimum absolute atomic E-state index is 0.594. The quantitative estimate of drug-likeness (QED) is 0.395. The van der Waals surface area contributed by atoms with Crippen LogP contribution in [0.15, 0.2) is 36.9 Å². The van der Waals surface area contributed by atoms with Gasteiger partial charge in [0.1, 0.15) is 0 Å². The third kappa shape index (κ3) is 4.29. The summed E-state index contributed by atoms with van der Waals surface area (Å²) in [4.78, 5) is 30.8. The van der Waals surface area contributed by atoms with E-state index in [1.54, 1.807) is 12.7 Å². The minimum atomic E-state index is 0.594. The van der Waals surface area contributed by atoms with Gasteiger partial charge >= 0.3 is 5.95 Å². The molecule has 10 heteroatoms. The summed E-state index contributed by atoms with van der Waals surface area (Å²) in [6, 6.07) is 9.21. The fourth-order valence-electron chi connectivity index (χ4n) is 5.30. The zero-order valence-corrected chi connectivity index (χ0v) is 20.4. The van der Waals surface area contributed by atoms with Gasteiger partial charge in [-0.1, -0.05) is 11.9 Å². The Balaban J connectivity index is 1.19. The Morgan fingerprint density at radius 1 is 1.09 bits per heavy atom. The van der Waals surface area contributed by atoms with Gasteiger partial charge < -0.3 is 24.7 Å². The van der Waals surface area contributed by atoms with E-state index in [0.717, 1.165) is 54.5 Å². The number of aromatic nitrogens is 6. The van der Waals surface area contributed by atoms with Crippen molar-refractivity contribution in [3.8, 4) is 0 Å². The summed E-state index contributed by atoms with van der Waals surface area (Å²) in [6.45, 7) is 7.41. The molecule has 35 heavy (non-hydrogen) atoms. The fraction of sp³-hybridized carbons (Fsp3) is 0.440. The Morgan fingerprint density at radius 2 is 1.89 bits per heavy atom. The van der Waals surface area contributed by atoms with Crippen molar-refractivity contribution in [2.45, 2.75) is 38.8 Å². The molecule has 182 valence electrons. The Bertz CT molecular complexity index is 1290. The van der Waals surface area contributed by atoms with Crippen molar-refractivity contribution in [3.63, 3.8) is 0 Å². The molecular formula is C25H33N10+. The minimum Gasteiger partial charge on any atom is -0.372 e. The third-order valence-corrected chi connectivity index (χ3v) is 7.49. The normalized spacial score (nSPS) is 17.0. The van der Waals surface area contributed by atoms with Crippen LogP contribution in [0.5, 0.6) is 0 Å². The largest absolute Gasteiger partial charge is 0.372 e. The molecule has 3 aromatic heterocycles. The van der Waals surface area contributed by atoms with Crippen LogP contribution < -0.4 is 20.1 Å². The van der Waals surface area contributed by atoms with Crippen LogP contribution in [0.1, 0.15) is 31.2 Å². The number of hydrogen-bond acceptors (Lipinski definition) is 7. The smallest absolute Gasteiger partial charge is 0.351 e. The number of hydrogen-bond donors (Lipinski definition) is 3. The van der Waals surface area contributed by atoms with Gasteiger partial charge in [-0.15, -0.1) is 0 Å². The summed E-state index contributed by atoms with van der Waals surface area (Å²) in [6.07, 6.45) is 6.80. The van der Waals surface area contributed by atoms with Crippen molar-refractivity contribution in [2.24, 2.45) is 0 Å². The number of H-pyrrole nitrogens is 3. The summed E-state index contributed by atoms with van der Waals surface area (Å²) in [5, 5.41) is 3.45.